The molecule has 0 saturated heterocycles. The number of nitrogens with zero attached hydrogens (tertiary/aromatic N) is 1. The van der Waals surface area contributed by atoms with Gasteiger partial charge in [0.2, 0.25) is 5.91 Å². The third-order valence-corrected chi connectivity index (χ3v) is 5.12. The summed E-state index contributed by atoms with van der Waals surface area (Å²) < 4.78 is 5.35. The topological polar surface area (TPSA) is 87.7 Å². The number of benzene rings is 1. The maximum Gasteiger partial charge on any atom is 0.408 e. The van der Waals surface area contributed by atoms with Crippen molar-refractivity contribution in [3.05, 3.63) is 42.0 Å². The monoisotopic (exact) mass is 483 g/mol. The van der Waals surface area contributed by atoms with E-state index >= 15 is 0 Å². The summed E-state index contributed by atoms with van der Waals surface area (Å²) >= 11 is 0. The molecule has 0 aliphatic heterocycles. The van der Waals surface area contributed by atoms with Crippen LogP contribution in [0.4, 0.5) is 4.79 Å². The van der Waals surface area contributed by atoms with E-state index < -0.39 is 29.7 Å². The van der Waals surface area contributed by atoms with Gasteiger partial charge in [0, 0.05) is 12.6 Å². The van der Waals surface area contributed by atoms with Crippen LogP contribution in [0, 0.1) is 18.4 Å². The van der Waals surface area contributed by atoms with Crippen molar-refractivity contribution in [1.29, 1.82) is 0 Å². The predicted octanol–water partition coefficient (Wildman–Crippen LogP) is 5.04. The van der Waals surface area contributed by atoms with E-state index in [0.29, 0.717) is 18.5 Å². The molecule has 0 radical (unpaired) electrons. The Morgan fingerprint density at radius 1 is 1.23 bits per heavy atom. The molecule has 0 aliphatic rings. The summed E-state index contributed by atoms with van der Waals surface area (Å²) in [5, 5.41) is 5.56. The Morgan fingerprint density at radius 3 is 2.46 bits per heavy atom. The lowest BCUT2D eigenvalue weighted by Crippen LogP contribution is -2.52. The van der Waals surface area contributed by atoms with Gasteiger partial charge in [0.15, 0.2) is 0 Å². The van der Waals surface area contributed by atoms with Crippen LogP contribution in [0.1, 0.15) is 84.4 Å². The fourth-order valence-corrected chi connectivity index (χ4v) is 3.53. The zero-order valence-corrected chi connectivity index (χ0v) is 22.0. The van der Waals surface area contributed by atoms with E-state index in [4.69, 9.17) is 11.2 Å². The maximum absolute atomic E-state index is 13.7. The van der Waals surface area contributed by atoms with Crippen molar-refractivity contribution in [3.63, 3.8) is 0 Å². The maximum atomic E-state index is 13.7. The molecule has 0 fully saturated rings. The van der Waals surface area contributed by atoms with Gasteiger partial charge in [0.25, 0.3) is 5.91 Å². The normalized spacial score (nSPS) is 12.7. The average molecular weight is 484 g/mol. The van der Waals surface area contributed by atoms with Gasteiger partial charge in [0.05, 0.1) is 0 Å². The minimum absolute atomic E-state index is 0.0731. The second-order valence-electron chi connectivity index (χ2n) is 9.94. The molecule has 192 valence electrons. The first kappa shape index (κ1) is 29.8. The Kier molecular flexibility index (Phi) is 12.1. The first-order valence-electron chi connectivity index (χ1n) is 12.2. The average Bonchev–Trinajstić information content (AvgIpc) is 2.77. The zero-order valence-electron chi connectivity index (χ0n) is 22.0. The van der Waals surface area contributed by atoms with Crippen LogP contribution in [0.25, 0.3) is 6.08 Å². The Balaban J connectivity index is 3.34. The molecular weight excluding hydrogens is 442 g/mol. The summed E-state index contributed by atoms with van der Waals surface area (Å²) in [7, 11) is 0. The second kappa shape index (κ2) is 14.2. The zero-order chi connectivity index (χ0) is 26.6. The van der Waals surface area contributed by atoms with Crippen LogP contribution in [0.2, 0.25) is 0 Å². The number of nitrogens with one attached hydrogen (secondary N) is 2. The molecule has 1 rings (SSSR count). The highest BCUT2D eigenvalue weighted by molar-refractivity contribution is 5.93. The molecule has 0 aliphatic carbocycles. The quantitative estimate of drug-likeness (QED) is 0.248. The van der Waals surface area contributed by atoms with Crippen LogP contribution >= 0.6 is 0 Å². The Morgan fingerprint density at radius 2 is 1.91 bits per heavy atom. The van der Waals surface area contributed by atoms with Gasteiger partial charge < -0.3 is 15.4 Å². The summed E-state index contributed by atoms with van der Waals surface area (Å²) in [4.78, 5) is 40.6. The molecule has 0 aromatic heterocycles. The molecule has 0 heterocycles. The minimum Gasteiger partial charge on any atom is -0.444 e. The van der Waals surface area contributed by atoms with Gasteiger partial charge in [-0.1, -0.05) is 70.9 Å². The standard InChI is InChI=1S/C28H41N3O4/c1-9-12-13-17-29-25(32)24(22-16-14-15-21(10-2)19-22)31(11-3)26(33)23(18-20(4)5)30-27(34)35-28(6,7)8/h3,10,14-16,19-20,23-24H,2,9,12-13,17-18H2,1,4-8H3,(H,29,32)(H,30,34). The Labute approximate surface area is 210 Å². The van der Waals surface area contributed by atoms with Crippen LogP contribution in [-0.4, -0.2) is 41.0 Å². The first-order valence-corrected chi connectivity index (χ1v) is 12.2. The molecule has 35 heavy (non-hydrogen) atoms. The molecule has 0 saturated carbocycles. The number of hydrogen-bond acceptors (Lipinski definition) is 4. The number of hydrogen-bond donors (Lipinski definition) is 2. The smallest absolute Gasteiger partial charge is 0.408 e. The van der Waals surface area contributed by atoms with Crippen molar-refractivity contribution in [2.45, 2.75) is 84.9 Å². The highest BCUT2D eigenvalue weighted by Gasteiger charge is 2.36. The van der Waals surface area contributed by atoms with E-state index in [1.54, 1.807) is 45.0 Å². The molecule has 1 aromatic rings. The van der Waals surface area contributed by atoms with Crippen molar-refractivity contribution >= 4 is 24.0 Å². The summed E-state index contributed by atoms with van der Waals surface area (Å²) in [5.41, 5.74) is 0.622. The molecule has 3 amide bonds. The molecule has 7 heteroatoms. The largest absolute Gasteiger partial charge is 0.444 e. The van der Waals surface area contributed by atoms with Gasteiger partial charge in [-0.2, -0.15) is 0 Å². The van der Waals surface area contributed by atoms with E-state index in [-0.39, 0.29) is 11.8 Å². The van der Waals surface area contributed by atoms with E-state index in [2.05, 4.69) is 30.2 Å². The van der Waals surface area contributed by atoms with Crippen molar-refractivity contribution in [2.24, 2.45) is 5.92 Å². The highest BCUT2D eigenvalue weighted by atomic mass is 16.6. The van der Waals surface area contributed by atoms with Crippen LogP contribution in [0.5, 0.6) is 0 Å². The number of alkyl carbamates (subject to hydrolysis) is 1. The van der Waals surface area contributed by atoms with Gasteiger partial charge in [0.1, 0.15) is 17.7 Å². The lowest BCUT2D eigenvalue weighted by atomic mass is 9.98. The molecule has 0 spiro atoms. The Bertz CT molecular complexity index is 912. The lowest BCUT2D eigenvalue weighted by Gasteiger charge is -2.31. The van der Waals surface area contributed by atoms with E-state index in [1.165, 1.54) is 0 Å². The third kappa shape index (κ3) is 10.3. The lowest BCUT2D eigenvalue weighted by molar-refractivity contribution is -0.138. The number of rotatable bonds is 12. The van der Waals surface area contributed by atoms with E-state index in [1.807, 2.05) is 19.9 Å². The summed E-state index contributed by atoms with van der Waals surface area (Å²) in [6.07, 6.45) is 9.89. The third-order valence-electron chi connectivity index (χ3n) is 5.12. The van der Waals surface area contributed by atoms with Crippen LogP contribution in [-0.2, 0) is 14.3 Å². The summed E-state index contributed by atoms with van der Waals surface area (Å²) in [6, 6.07) is 7.54. The number of unbranched alkanes of at least 4 members (excludes halogenated alkanes) is 2. The minimum atomic E-state index is -1.07. The van der Waals surface area contributed by atoms with Crippen molar-refractivity contribution in [1.82, 2.24) is 15.5 Å². The molecule has 1 aromatic carbocycles. The molecule has 2 atom stereocenters. The number of terminal acetylenes is 1. The van der Waals surface area contributed by atoms with Crippen molar-refractivity contribution in [2.75, 3.05) is 6.54 Å². The summed E-state index contributed by atoms with van der Waals surface area (Å²) in [6.45, 7) is 15.4. The van der Waals surface area contributed by atoms with Gasteiger partial charge in [-0.15, -0.1) is 0 Å². The van der Waals surface area contributed by atoms with Crippen LogP contribution < -0.4 is 10.6 Å². The van der Waals surface area contributed by atoms with Gasteiger partial charge in [-0.05, 0) is 56.7 Å². The number of ether oxygens (including phenoxy) is 1. The molecule has 0 bridgehead atoms. The number of carbonyl (C=O) groups excluding carboxylic acids is 3. The van der Waals surface area contributed by atoms with Crippen LogP contribution in [0.15, 0.2) is 30.8 Å². The van der Waals surface area contributed by atoms with Gasteiger partial charge in [-0.3, -0.25) is 14.5 Å². The van der Waals surface area contributed by atoms with Crippen LogP contribution in [0.3, 0.4) is 0 Å². The van der Waals surface area contributed by atoms with E-state index in [0.717, 1.165) is 29.7 Å². The van der Waals surface area contributed by atoms with E-state index in [9.17, 15) is 14.4 Å². The predicted molar refractivity (Wildman–Crippen MR) is 140 cm³/mol. The molecule has 2 N–H and O–H groups in total. The van der Waals surface area contributed by atoms with Gasteiger partial charge >= 0.3 is 6.09 Å². The van der Waals surface area contributed by atoms with Crippen molar-refractivity contribution in [3.8, 4) is 12.5 Å². The fraction of sp³-hybridized carbons (Fsp3) is 0.536. The number of amides is 3. The van der Waals surface area contributed by atoms with Crippen molar-refractivity contribution < 1.29 is 19.1 Å². The summed E-state index contributed by atoms with van der Waals surface area (Å²) in [5.74, 6) is -0.858. The van der Waals surface area contributed by atoms with Gasteiger partial charge in [-0.25, -0.2) is 4.79 Å². The molecule has 7 nitrogen and oxygen atoms in total. The fourth-order valence-electron chi connectivity index (χ4n) is 3.53. The number of carbonyl (C=O) groups is 3. The molecular formula is C28H41N3O4. The SMILES string of the molecule is C#CN(C(=O)C(CC(C)C)NC(=O)OC(C)(C)C)C(C(=O)NCCCCC)c1cccc(C=C)c1. The highest BCUT2D eigenvalue weighted by Crippen LogP contribution is 2.24. The first-order chi connectivity index (χ1) is 16.4. The Hall–Kier alpha value is -3.27. The molecule has 2 unspecified atom stereocenters. The second-order valence-corrected chi connectivity index (χ2v) is 9.94.